The number of rotatable bonds is 4. The van der Waals surface area contributed by atoms with Crippen LogP contribution in [-0.4, -0.2) is 7.05 Å². The highest BCUT2D eigenvalue weighted by Gasteiger charge is 2.12. The predicted octanol–water partition coefficient (Wildman–Crippen LogP) is 5.43. The van der Waals surface area contributed by atoms with Crippen molar-refractivity contribution in [3.63, 3.8) is 0 Å². The van der Waals surface area contributed by atoms with E-state index in [0.29, 0.717) is 0 Å². The Morgan fingerprint density at radius 1 is 1.22 bits per heavy atom. The number of hydrogen-bond donors (Lipinski definition) is 1. The summed E-state index contributed by atoms with van der Waals surface area (Å²) in [5, 5.41) is 6.21. The van der Waals surface area contributed by atoms with E-state index in [1.54, 1.807) is 11.3 Å². The molecule has 0 aliphatic heterocycles. The molecule has 1 heterocycles. The fourth-order valence-corrected chi connectivity index (χ4v) is 4.21. The molecular weight excluding hydrogens is 397 g/mol. The van der Waals surface area contributed by atoms with Crippen LogP contribution in [0.15, 0.2) is 38.6 Å². The normalized spacial score (nSPS) is 12.7. The van der Waals surface area contributed by atoms with Crippen LogP contribution in [0.25, 0.3) is 0 Å². The smallest absolute Gasteiger partial charge is 0.0420 e. The monoisotopic (exact) mass is 407 g/mol. The Labute approximate surface area is 133 Å². The fourth-order valence-electron chi connectivity index (χ4n) is 1.82. The number of nitrogens with one attached hydrogen (secondary N) is 1. The third-order valence-corrected chi connectivity index (χ3v) is 5.06. The summed E-state index contributed by atoms with van der Waals surface area (Å²) in [6, 6.07) is 8.45. The maximum atomic E-state index is 6.10. The lowest BCUT2D eigenvalue weighted by Crippen LogP contribution is -2.18. The second-order valence-corrected chi connectivity index (χ2v) is 7.24. The van der Waals surface area contributed by atoms with E-state index in [-0.39, 0.29) is 6.04 Å². The van der Waals surface area contributed by atoms with Crippen molar-refractivity contribution in [3.05, 3.63) is 54.1 Å². The summed E-state index contributed by atoms with van der Waals surface area (Å²) >= 11 is 14.8. The van der Waals surface area contributed by atoms with Gasteiger partial charge in [-0.15, -0.1) is 11.3 Å². The minimum atomic E-state index is 0.269. The topological polar surface area (TPSA) is 12.0 Å². The molecular formula is C13H12Br2ClNS. The lowest BCUT2D eigenvalue weighted by atomic mass is 10.0. The predicted molar refractivity (Wildman–Crippen MR) is 86.7 cm³/mol. The first-order valence-corrected chi connectivity index (χ1v) is 8.29. The number of benzene rings is 1. The molecule has 1 unspecified atom stereocenters. The van der Waals surface area contributed by atoms with E-state index >= 15 is 0 Å². The van der Waals surface area contributed by atoms with Gasteiger partial charge in [0, 0.05) is 36.7 Å². The molecule has 0 amide bonds. The van der Waals surface area contributed by atoms with Crippen molar-refractivity contribution >= 4 is 54.8 Å². The Hall–Kier alpha value is 0.130. The molecule has 0 aliphatic rings. The van der Waals surface area contributed by atoms with Gasteiger partial charge in [-0.2, -0.15) is 0 Å². The number of likely N-dealkylation sites (N-methyl/N-ethyl adjacent to an activating group) is 1. The highest BCUT2D eigenvalue weighted by Crippen LogP contribution is 2.28. The van der Waals surface area contributed by atoms with Gasteiger partial charge in [0.1, 0.15) is 0 Å². The van der Waals surface area contributed by atoms with Gasteiger partial charge in [-0.25, -0.2) is 0 Å². The molecule has 1 aromatic carbocycles. The molecule has 2 aromatic rings. The Kier molecular flexibility index (Phi) is 5.27. The van der Waals surface area contributed by atoms with Crippen LogP contribution in [0.5, 0.6) is 0 Å². The molecule has 0 spiro atoms. The Bertz CT molecular complexity index is 521. The zero-order chi connectivity index (χ0) is 13.1. The molecule has 0 saturated carbocycles. The highest BCUT2D eigenvalue weighted by atomic mass is 79.9. The van der Waals surface area contributed by atoms with Gasteiger partial charge >= 0.3 is 0 Å². The highest BCUT2D eigenvalue weighted by molar-refractivity contribution is 9.10. The first kappa shape index (κ1) is 14.5. The molecule has 0 saturated heterocycles. The summed E-state index contributed by atoms with van der Waals surface area (Å²) in [7, 11) is 1.97. The van der Waals surface area contributed by atoms with Gasteiger partial charge in [0.15, 0.2) is 0 Å². The molecule has 0 radical (unpaired) electrons. The molecule has 2 rings (SSSR count). The van der Waals surface area contributed by atoms with Crippen molar-refractivity contribution in [2.75, 3.05) is 7.05 Å². The minimum Gasteiger partial charge on any atom is -0.313 e. The van der Waals surface area contributed by atoms with E-state index in [2.05, 4.69) is 54.7 Å². The van der Waals surface area contributed by atoms with E-state index in [4.69, 9.17) is 11.6 Å². The number of thiophene rings is 1. The van der Waals surface area contributed by atoms with E-state index in [1.807, 2.05) is 19.2 Å². The third kappa shape index (κ3) is 3.81. The molecule has 0 aliphatic carbocycles. The van der Waals surface area contributed by atoms with Crippen LogP contribution in [0.2, 0.25) is 5.02 Å². The molecule has 1 aromatic heterocycles. The van der Waals surface area contributed by atoms with Crippen molar-refractivity contribution in [2.45, 2.75) is 12.5 Å². The van der Waals surface area contributed by atoms with Gasteiger partial charge in [-0.3, -0.25) is 0 Å². The van der Waals surface area contributed by atoms with Crippen molar-refractivity contribution in [1.29, 1.82) is 0 Å². The second kappa shape index (κ2) is 6.53. The minimum absolute atomic E-state index is 0.269. The largest absolute Gasteiger partial charge is 0.313 e. The summed E-state index contributed by atoms with van der Waals surface area (Å²) in [5.41, 5.74) is 1.20. The standard InChI is InChI=1S/C13H12Br2ClNS/c1-17-13(6-12-5-10(15)7-18-12)8-2-9(14)4-11(16)3-8/h2-5,7,13,17H,6H2,1H3. The summed E-state index contributed by atoms with van der Waals surface area (Å²) in [5.74, 6) is 0. The van der Waals surface area contributed by atoms with Crippen molar-refractivity contribution < 1.29 is 0 Å². The van der Waals surface area contributed by atoms with Crippen LogP contribution < -0.4 is 5.32 Å². The van der Waals surface area contributed by atoms with E-state index in [1.165, 1.54) is 10.4 Å². The Morgan fingerprint density at radius 2 is 2.00 bits per heavy atom. The molecule has 96 valence electrons. The van der Waals surface area contributed by atoms with Crippen molar-refractivity contribution in [3.8, 4) is 0 Å². The molecule has 1 atom stereocenters. The molecule has 5 heteroatoms. The average Bonchev–Trinajstić information content (AvgIpc) is 2.70. The molecule has 0 bridgehead atoms. The van der Waals surface area contributed by atoms with Crippen LogP contribution in [0.1, 0.15) is 16.5 Å². The fraction of sp³-hybridized carbons (Fsp3) is 0.231. The number of hydrogen-bond acceptors (Lipinski definition) is 2. The van der Waals surface area contributed by atoms with E-state index in [0.717, 1.165) is 20.4 Å². The quantitative estimate of drug-likeness (QED) is 0.710. The van der Waals surface area contributed by atoms with E-state index < -0.39 is 0 Å². The lowest BCUT2D eigenvalue weighted by Gasteiger charge is -2.16. The van der Waals surface area contributed by atoms with Crippen LogP contribution >= 0.6 is 54.8 Å². The summed E-state index contributed by atoms with van der Waals surface area (Å²) in [6.07, 6.45) is 0.958. The molecule has 1 nitrogen and oxygen atoms in total. The maximum absolute atomic E-state index is 6.10. The van der Waals surface area contributed by atoms with Gasteiger partial charge in [0.05, 0.1) is 0 Å². The zero-order valence-electron chi connectivity index (χ0n) is 9.71. The average molecular weight is 410 g/mol. The summed E-state index contributed by atoms with van der Waals surface area (Å²) in [6.45, 7) is 0. The first-order chi connectivity index (χ1) is 8.58. The van der Waals surface area contributed by atoms with Crippen molar-refractivity contribution in [2.24, 2.45) is 0 Å². The van der Waals surface area contributed by atoms with Gasteiger partial charge in [-0.05, 0) is 52.8 Å². The van der Waals surface area contributed by atoms with Gasteiger partial charge < -0.3 is 5.32 Å². The summed E-state index contributed by atoms with van der Waals surface area (Å²) in [4.78, 5) is 1.34. The van der Waals surface area contributed by atoms with Gasteiger partial charge in [-0.1, -0.05) is 27.5 Å². The van der Waals surface area contributed by atoms with E-state index in [9.17, 15) is 0 Å². The summed E-state index contributed by atoms with van der Waals surface area (Å²) < 4.78 is 2.15. The third-order valence-electron chi connectivity index (χ3n) is 2.66. The number of halogens is 3. The van der Waals surface area contributed by atoms with Crippen molar-refractivity contribution in [1.82, 2.24) is 5.32 Å². The van der Waals surface area contributed by atoms with Crippen LogP contribution in [-0.2, 0) is 6.42 Å². The Balaban J connectivity index is 2.22. The van der Waals surface area contributed by atoms with Crippen LogP contribution in [0, 0.1) is 0 Å². The maximum Gasteiger partial charge on any atom is 0.0420 e. The SMILES string of the molecule is CNC(Cc1cc(Br)cs1)c1cc(Cl)cc(Br)c1. The Morgan fingerprint density at radius 3 is 2.56 bits per heavy atom. The van der Waals surface area contributed by atoms with Crippen LogP contribution in [0.3, 0.4) is 0 Å². The second-order valence-electron chi connectivity index (χ2n) is 3.98. The lowest BCUT2D eigenvalue weighted by molar-refractivity contribution is 0.596. The van der Waals surface area contributed by atoms with Gasteiger partial charge in [0.25, 0.3) is 0 Å². The zero-order valence-corrected chi connectivity index (χ0v) is 14.5. The van der Waals surface area contributed by atoms with Gasteiger partial charge in [0.2, 0.25) is 0 Å². The molecule has 0 fully saturated rings. The molecule has 1 N–H and O–H groups in total. The van der Waals surface area contributed by atoms with Crippen LogP contribution in [0.4, 0.5) is 0 Å². The molecule has 18 heavy (non-hydrogen) atoms. The first-order valence-electron chi connectivity index (χ1n) is 5.44.